The summed E-state index contributed by atoms with van der Waals surface area (Å²) >= 11 is 0. The standard InChI is InChI=1S/C26H32N4O3/c31-24-22-13-7-14-23(22)30(25(32)21-11-5-2-6-12-21)17-8-16-29(18-15-27-24)26(33)28-19-20-9-3-1-4-10-20/h1-6,9-12,22-23H,7-8,13-19H2,(H,27,31)(H,28,33)/t22-,23+/m1/s1. The Morgan fingerprint density at radius 1 is 0.909 bits per heavy atom. The van der Waals surface area contributed by atoms with Gasteiger partial charge in [0.25, 0.3) is 5.91 Å². The lowest BCUT2D eigenvalue weighted by atomic mass is 9.99. The maximum absolute atomic E-state index is 13.4. The molecule has 2 fully saturated rings. The van der Waals surface area contributed by atoms with Crippen LogP contribution in [0, 0.1) is 5.92 Å². The van der Waals surface area contributed by atoms with Crippen LogP contribution in [-0.2, 0) is 11.3 Å². The van der Waals surface area contributed by atoms with E-state index < -0.39 is 0 Å². The minimum Gasteiger partial charge on any atom is -0.354 e. The van der Waals surface area contributed by atoms with Crippen LogP contribution in [0.15, 0.2) is 60.7 Å². The Kier molecular flexibility index (Phi) is 7.60. The number of rotatable bonds is 3. The molecule has 0 unspecified atom stereocenters. The second kappa shape index (κ2) is 11.0. The molecule has 7 heteroatoms. The molecule has 0 radical (unpaired) electrons. The first-order chi connectivity index (χ1) is 16.1. The summed E-state index contributed by atoms with van der Waals surface area (Å²) in [5, 5.41) is 5.98. The molecule has 2 aliphatic rings. The monoisotopic (exact) mass is 448 g/mol. The van der Waals surface area contributed by atoms with Crippen molar-refractivity contribution in [1.82, 2.24) is 20.4 Å². The molecule has 1 aliphatic heterocycles. The third-order valence-corrected chi connectivity index (χ3v) is 6.58. The molecule has 4 rings (SSSR count). The van der Waals surface area contributed by atoms with Crippen LogP contribution in [0.4, 0.5) is 4.79 Å². The van der Waals surface area contributed by atoms with Gasteiger partial charge in [0.2, 0.25) is 5.91 Å². The Morgan fingerprint density at radius 3 is 2.39 bits per heavy atom. The SMILES string of the molecule is O=C1NCCN(C(=O)NCc2ccccc2)CCCN(C(=O)c2ccccc2)[C@H]2CCC[C@@H]12. The fourth-order valence-electron chi connectivity index (χ4n) is 4.86. The van der Waals surface area contributed by atoms with Gasteiger partial charge in [0, 0.05) is 44.3 Å². The molecule has 1 saturated carbocycles. The lowest BCUT2D eigenvalue weighted by Gasteiger charge is -2.33. The van der Waals surface area contributed by atoms with Gasteiger partial charge in [-0.25, -0.2) is 4.79 Å². The third kappa shape index (κ3) is 5.72. The zero-order valence-corrected chi connectivity index (χ0v) is 18.9. The largest absolute Gasteiger partial charge is 0.354 e. The number of fused-ring (bicyclic) bond motifs is 1. The second-order valence-electron chi connectivity index (χ2n) is 8.75. The van der Waals surface area contributed by atoms with E-state index in [0.29, 0.717) is 44.7 Å². The first-order valence-electron chi connectivity index (χ1n) is 11.8. The molecule has 174 valence electrons. The predicted molar refractivity (Wildman–Crippen MR) is 126 cm³/mol. The molecule has 4 amide bonds. The van der Waals surface area contributed by atoms with Crippen LogP contribution in [-0.4, -0.2) is 59.9 Å². The van der Waals surface area contributed by atoms with Gasteiger partial charge in [-0.2, -0.15) is 0 Å². The van der Waals surface area contributed by atoms with Crippen molar-refractivity contribution in [1.29, 1.82) is 0 Å². The van der Waals surface area contributed by atoms with E-state index in [1.165, 1.54) is 0 Å². The van der Waals surface area contributed by atoms with Crippen LogP contribution in [0.2, 0.25) is 0 Å². The van der Waals surface area contributed by atoms with Crippen LogP contribution in [0.1, 0.15) is 41.6 Å². The number of benzene rings is 2. The molecule has 7 nitrogen and oxygen atoms in total. The van der Waals surface area contributed by atoms with Crippen molar-refractivity contribution in [3.05, 3.63) is 71.8 Å². The molecular weight excluding hydrogens is 416 g/mol. The summed E-state index contributed by atoms with van der Waals surface area (Å²) in [5.41, 5.74) is 1.67. The maximum Gasteiger partial charge on any atom is 0.317 e. The Bertz CT molecular complexity index is 951. The van der Waals surface area contributed by atoms with Gasteiger partial charge in [-0.15, -0.1) is 0 Å². The summed E-state index contributed by atoms with van der Waals surface area (Å²) in [6.07, 6.45) is 3.22. The molecular formula is C26H32N4O3. The molecule has 2 aromatic carbocycles. The highest BCUT2D eigenvalue weighted by Crippen LogP contribution is 2.31. The summed E-state index contributed by atoms with van der Waals surface area (Å²) in [4.78, 5) is 42.8. The average molecular weight is 449 g/mol. The lowest BCUT2D eigenvalue weighted by molar-refractivity contribution is -0.126. The maximum atomic E-state index is 13.4. The zero-order chi connectivity index (χ0) is 23.0. The number of amides is 4. The third-order valence-electron chi connectivity index (χ3n) is 6.58. The van der Waals surface area contributed by atoms with Crippen LogP contribution in [0.5, 0.6) is 0 Å². The number of nitrogens with one attached hydrogen (secondary N) is 2. The van der Waals surface area contributed by atoms with Crippen molar-refractivity contribution in [2.45, 2.75) is 38.3 Å². The second-order valence-corrected chi connectivity index (χ2v) is 8.75. The van der Waals surface area contributed by atoms with Gasteiger partial charge in [-0.1, -0.05) is 55.0 Å². The molecule has 0 bridgehead atoms. The van der Waals surface area contributed by atoms with E-state index in [1.807, 2.05) is 65.6 Å². The highest BCUT2D eigenvalue weighted by molar-refractivity contribution is 5.95. The van der Waals surface area contributed by atoms with E-state index in [2.05, 4.69) is 10.6 Å². The van der Waals surface area contributed by atoms with Crippen molar-refractivity contribution in [2.24, 2.45) is 5.92 Å². The van der Waals surface area contributed by atoms with Crippen molar-refractivity contribution < 1.29 is 14.4 Å². The van der Waals surface area contributed by atoms with E-state index in [4.69, 9.17) is 0 Å². The number of carbonyl (C=O) groups excluding carboxylic acids is 3. The van der Waals surface area contributed by atoms with Gasteiger partial charge in [-0.05, 0) is 37.0 Å². The van der Waals surface area contributed by atoms with Crippen LogP contribution in [0.3, 0.4) is 0 Å². The number of nitrogens with zero attached hydrogens (tertiary/aromatic N) is 2. The van der Waals surface area contributed by atoms with Gasteiger partial charge in [0.05, 0.1) is 5.92 Å². The number of hydrogen-bond acceptors (Lipinski definition) is 3. The number of carbonyl (C=O) groups is 3. The molecule has 2 aromatic rings. The van der Waals surface area contributed by atoms with Gasteiger partial charge in [-0.3, -0.25) is 9.59 Å². The zero-order valence-electron chi connectivity index (χ0n) is 18.9. The van der Waals surface area contributed by atoms with Gasteiger partial charge in [0.1, 0.15) is 0 Å². The highest BCUT2D eigenvalue weighted by atomic mass is 16.2. The van der Waals surface area contributed by atoms with Gasteiger partial charge >= 0.3 is 6.03 Å². The van der Waals surface area contributed by atoms with E-state index in [9.17, 15) is 14.4 Å². The topological polar surface area (TPSA) is 81.8 Å². The van der Waals surface area contributed by atoms with Crippen molar-refractivity contribution in [2.75, 3.05) is 26.2 Å². The molecule has 1 aliphatic carbocycles. The number of hydrogen-bond donors (Lipinski definition) is 2. The van der Waals surface area contributed by atoms with Crippen LogP contribution >= 0.6 is 0 Å². The Morgan fingerprint density at radius 2 is 1.64 bits per heavy atom. The smallest absolute Gasteiger partial charge is 0.317 e. The summed E-state index contributed by atoms with van der Waals surface area (Å²) < 4.78 is 0. The first kappa shape index (κ1) is 22.8. The van der Waals surface area contributed by atoms with Crippen molar-refractivity contribution >= 4 is 17.8 Å². The summed E-state index contributed by atoms with van der Waals surface area (Å²) in [5.74, 6) is -0.259. The molecule has 2 N–H and O–H groups in total. The molecule has 1 heterocycles. The minimum absolute atomic E-state index is 0.0186. The summed E-state index contributed by atoms with van der Waals surface area (Å²) in [6.45, 7) is 2.34. The van der Waals surface area contributed by atoms with E-state index in [1.54, 1.807) is 4.90 Å². The van der Waals surface area contributed by atoms with E-state index >= 15 is 0 Å². The fourth-order valence-corrected chi connectivity index (χ4v) is 4.86. The lowest BCUT2D eigenvalue weighted by Crippen LogP contribution is -2.47. The molecule has 0 aromatic heterocycles. The molecule has 2 atom stereocenters. The minimum atomic E-state index is -0.198. The summed E-state index contributed by atoms with van der Waals surface area (Å²) in [6, 6.07) is 18.8. The normalized spacial score (nSPS) is 21.5. The number of urea groups is 1. The van der Waals surface area contributed by atoms with Gasteiger partial charge < -0.3 is 20.4 Å². The van der Waals surface area contributed by atoms with Crippen LogP contribution in [0.25, 0.3) is 0 Å². The molecule has 33 heavy (non-hydrogen) atoms. The summed E-state index contributed by atoms with van der Waals surface area (Å²) in [7, 11) is 0. The Hall–Kier alpha value is -3.35. The predicted octanol–water partition coefficient (Wildman–Crippen LogP) is 3.03. The molecule has 1 saturated heterocycles. The fraction of sp³-hybridized carbons (Fsp3) is 0.423. The van der Waals surface area contributed by atoms with E-state index in [0.717, 1.165) is 24.8 Å². The Labute approximate surface area is 195 Å². The van der Waals surface area contributed by atoms with Crippen molar-refractivity contribution in [3.8, 4) is 0 Å². The van der Waals surface area contributed by atoms with E-state index in [-0.39, 0.29) is 29.8 Å². The van der Waals surface area contributed by atoms with Crippen LogP contribution < -0.4 is 10.6 Å². The van der Waals surface area contributed by atoms with Crippen molar-refractivity contribution in [3.63, 3.8) is 0 Å². The highest BCUT2D eigenvalue weighted by Gasteiger charge is 2.39. The quantitative estimate of drug-likeness (QED) is 0.757. The average Bonchev–Trinajstić information content (AvgIpc) is 3.33. The Balaban J connectivity index is 1.46. The molecule has 0 spiro atoms. The van der Waals surface area contributed by atoms with Gasteiger partial charge in [0.15, 0.2) is 0 Å². The first-order valence-corrected chi connectivity index (χ1v) is 11.8.